The Morgan fingerprint density at radius 1 is 1.15 bits per heavy atom. The molecule has 0 radical (unpaired) electrons. The van der Waals surface area contributed by atoms with Crippen LogP contribution in [-0.4, -0.2) is 48.0 Å². The van der Waals surface area contributed by atoms with Crippen LogP contribution in [0.15, 0.2) is 0 Å². The molecule has 0 aromatic carbocycles. The molecule has 0 aromatic heterocycles. The smallest absolute Gasteiger partial charge is 0.368 e. The first-order valence-corrected chi connectivity index (χ1v) is 7.14. The van der Waals surface area contributed by atoms with Crippen LogP contribution in [0.25, 0.3) is 0 Å². The minimum atomic E-state index is -4.18. The number of rotatable bonds is 5. The van der Waals surface area contributed by atoms with Crippen molar-refractivity contribution in [3.63, 3.8) is 0 Å². The first kappa shape index (κ1) is 17.7. The first-order chi connectivity index (χ1) is 8.89. The lowest BCUT2D eigenvalue weighted by molar-refractivity contribution is -0.149. The van der Waals surface area contributed by atoms with Gasteiger partial charge in [-0.25, -0.2) is 0 Å². The molecule has 1 aliphatic rings. The third-order valence-corrected chi connectivity index (χ3v) is 4.05. The normalized spacial score (nSPS) is 29.1. The molecule has 6 heteroatoms. The predicted molar refractivity (Wildman–Crippen MR) is 73.5 cm³/mol. The average molecular weight is 296 g/mol. The lowest BCUT2D eigenvalue weighted by Crippen LogP contribution is -2.49. The van der Waals surface area contributed by atoms with E-state index in [1.54, 1.807) is 0 Å². The van der Waals surface area contributed by atoms with Crippen molar-refractivity contribution in [2.45, 2.75) is 64.5 Å². The van der Waals surface area contributed by atoms with Gasteiger partial charge >= 0.3 is 6.18 Å². The summed E-state index contributed by atoms with van der Waals surface area (Å²) in [6, 6.07) is -0.273. The summed E-state index contributed by atoms with van der Waals surface area (Å²) in [6.45, 7) is 9.32. The van der Waals surface area contributed by atoms with Crippen LogP contribution in [0.4, 0.5) is 13.2 Å². The molecule has 0 spiro atoms. The summed E-state index contributed by atoms with van der Waals surface area (Å²) in [7, 11) is 0. The molecule has 0 bridgehead atoms. The fraction of sp³-hybridized carbons (Fsp3) is 1.00. The molecule has 0 saturated carbocycles. The second-order valence-corrected chi connectivity index (χ2v) is 6.79. The van der Waals surface area contributed by atoms with Crippen LogP contribution in [0.3, 0.4) is 0 Å². The minimum Gasteiger partial charge on any atom is -0.368 e. The summed E-state index contributed by atoms with van der Waals surface area (Å²) in [5, 5.41) is 0. The Balaban J connectivity index is 2.82. The monoisotopic (exact) mass is 296 g/mol. The highest BCUT2D eigenvalue weighted by atomic mass is 19.4. The van der Waals surface area contributed by atoms with E-state index in [-0.39, 0.29) is 12.0 Å². The van der Waals surface area contributed by atoms with Gasteiger partial charge in [0.25, 0.3) is 0 Å². The third kappa shape index (κ3) is 4.33. The predicted octanol–water partition coefficient (Wildman–Crippen LogP) is 2.79. The number of halogens is 3. The van der Waals surface area contributed by atoms with Gasteiger partial charge in [-0.3, -0.25) is 4.90 Å². The molecule has 20 heavy (non-hydrogen) atoms. The largest absolute Gasteiger partial charge is 0.401 e. The maximum Gasteiger partial charge on any atom is 0.401 e. The maximum absolute atomic E-state index is 12.6. The SMILES string of the molecule is CCCN(CC1C(N)C(C)(C)OC1(C)C)CC(F)(F)F. The summed E-state index contributed by atoms with van der Waals surface area (Å²) in [5.74, 6) is -0.119. The van der Waals surface area contributed by atoms with Crippen LogP contribution in [0.1, 0.15) is 41.0 Å². The van der Waals surface area contributed by atoms with E-state index in [0.29, 0.717) is 19.5 Å². The van der Waals surface area contributed by atoms with Crippen LogP contribution in [0.5, 0.6) is 0 Å². The maximum atomic E-state index is 12.6. The van der Waals surface area contributed by atoms with E-state index < -0.39 is 23.9 Å². The van der Waals surface area contributed by atoms with Gasteiger partial charge in [-0.05, 0) is 40.7 Å². The van der Waals surface area contributed by atoms with Gasteiger partial charge in [0.1, 0.15) is 0 Å². The topological polar surface area (TPSA) is 38.5 Å². The van der Waals surface area contributed by atoms with Gasteiger partial charge in [-0.2, -0.15) is 13.2 Å². The van der Waals surface area contributed by atoms with Crippen molar-refractivity contribution in [1.29, 1.82) is 0 Å². The standard InChI is InChI=1S/C14H27F3N2O/c1-6-7-19(9-14(15,16)17)8-10-11(18)13(4,5)20-12(10,2)3/h10-11H,6-9,18H2,1-5H3. The zero-order valence-corrected chi connectivity index (χ0v) is 13.0. The molecule has 3 nitrogen and oxygen atoms in total. The molecule has 2 unspecified atom stereocenters. The summed E-state index contributed by atoms with van der Waals surface area (Å²) >= 11 is 0. The number of ether oxygens (including phenoxy) is 1. The zero-order valence-electron chi connectivity index (χ0n) is 13.0. The van der Waals surface area contributed by atoms with Crippen LogP contribution in [-0.2, 0) is 4.74 Å². The van der Waals surface area contributed by atoms with E-state index in [2.05, 4.69) is 0 Å². The quantitative estimate of drug-likeness (QED) is 0.848. The van der Waals surface area contributed by atoms with Gasteiger partial charge in [0.15, 0.2) is 0 Å². The number of hydrogen-bond acceptors (Lipinski definition) is 3. The second kappa shape index (κ2) is 5.81. The van der Waals surface area contributed by atoms with Crippen molar-refractivity contribution in [3.05, 3.63) is 0 Å². The Hall–Kier alpha value is -0.330. The van der Waals surface area contributed by atoms with Crippen LogP contribution in [0.2, 0.25) is 0 Å². The van der Waals surface area contributed by atoms with Crippen LogP contribution >= 0.6 is 0 Å². The molecule has 1 heterocycles. The molecule has 1 rings (SSSR count). The fourth-order valence-electron chi connectivity index (χ4n) is 3.15. The van der Waals surface area contributed by atoms with Gasteiger partial charge in [-0.1, -0.05) is 6.92 Å². The highest BCUT2D eigenvalue weighted by Crippen LogP contribution is 2.41. The molecule has 0 aromatic rings. The number of alkyl halides is 3. The highest BCUT2D eigenvalue weighted by Gasteiger charge is 2.52. The van der Waals surface area contributed by atoms with Gasteiger partial charge in [0, 0.05) is 18.5 Å². The highest BCUT2D eigenvalue weighted by molar-refractivity contribution is 5.04. The van der Waals surface area contributed by atoms with Gasteiger partial charge in [0.2, 0.25) is 0 Å². The first-order valence-electron chi connectivity index (χ1n) is 7.14. The lowest BCUT2D eigenvalue weighted by Gasteiger charge is -2.33. The molecule has 1 aliphatic heterocycles. The molecule has 0 amide bonds. The Morgan fingerprint density at radius 3 is 2.05 bits per heavy atom. The Labute approximate surface area is 119 Å². The zero-order chi connectivity index (χ0) is 15.8. The molecule has 120 valence electrons. The van der Waals surface area contributed by atoms with Crippen molar-refractivity contribution in [1.82, 2.24) is 4.90 Å². The minimum absolute atomic E-state index is 0.119. The summed E-state index contributed by atoms with van der Waals surface area (Å²) in [6.07, 6.45) is -3.50. The molecular formula is C14H27F3N2O. The van der Waals surface area contributed by atoms with E-state index in [0.717, 1.165) is 0 Å². The van der Waals surface area contributed by atoms with Gasteiger partial charge in [0.05, 0.1) is 17.7 Å². The average Bonchev–Trinajstić information content (AvgIpc) is 2.34. The molecular weight excluding hydrogens is 269 g/mol. The van der Waals surface area contributed by atoms with E-state index >= 15 is 0 Å². The van der Waals surface area contributed by atoms with Crippen LogP contribution < -0.4 is 5.73 Å². The van der Waals surface area contributed by atoms with Crippen molar-refractivity contribution in [2.24, 2.45) is 11.7 Å². The summed E-state index contributed by atoms with van der Waals surface area (Å²) in [4.78, 5) is 1.44. The number of hydrogen-bond donors (Lipinski definition) is 1. The molecule has 1 fully saturated rings. The van der Waals surface area contributed by atoms with E-state index in [9.17, 15) is 13.2 Å². The van der Waals surface area contributed by atoms with E-state index in [4.69, 9.17) is 10.5 Å². The Bertz CT molecular complexity index is 329. The van der Waals surface area contributed by atoms with E-state index in [1.807, 2.05) is 34.6 Å². The fourth-order valence-corrected chi connectivity index (χ4v) is 3.15. The van der Waals surface area contributed by atoms with Crippen molar-refractivity contribution in [3.8, 4) is 0 Å². The Morgan fingerprint density at radius 2 is 1.70 bits per heavy atom. The third-order valence-electron chi connectivity index (χ3n) is 4.05. The molecule has 2 N–H and O–H groups in total. The van der Waals surface area contributed by atoms with Gasteiger partial charge in [-0.15, -0.1) is 0 Å². The van der Waals surface area contributed by atoms with Crippen molar-refractivity contribution >= 4 is 0 Å². The van der Waals surface area contributed by atoms with Crippen LogP contribution in [0, 0.1) is 5.92 Å². The number of nitrogens with zero attached hydrogens (tertiary/aromatic N) is 1. The molecule has 1 saturated heterocycles. The summed E-state index contributed by atoms with van der Waals surface area (Å²) < 4.78 is 43.9. The van der Waals surface area contributed by atoms with Crippen molar-refractivity contribution in [2.75, 3.05) is 19.6 Å². The van der Waals surface area contributed by atoms with Crippen molar-refractivity contribution < 1.29 is 17.9 Å². The summed E-state index contributed by atoms with van der Waals surface area (Å²) in [5.41, 5.74) is 5.18. The number of nitrogens with two attached hydrogens (primary N) is 1. The Kier molecular flexibility index (Phi) is 5.15. The van der Waals surface area contributed by atoms with Gasteiger partial charge < -0.3 is 10.5 Å². The molecule has 0 aliphatic carbocycles. The second-order valence-electron chi connectivity index (χ2n) is 6.79. The van der Waals surface area contributed by atoms with E-state index in [1.165, 1.54) is 4.90 Å². The lowest BCUT2D eigenvalue weighted by atomic mass is 9.82. The molecule has 2 atom stereocenters.